The van der Waals surface area contributed by atoms with E-state index in [0.29, 0.717) is 0 Å². The fourth-order valence-corrected chi connectivity index (χ4v) is 5.84. The number of hydrogen-bond acceptors (Lipinski definition) is 3. The summed E-state index contributed by atoms with van der Waals surface area (Å²) >= 11 is 0. The maximum Gasteiger partial charge on any atom is 0.346 e. The molecule has 3 nitrogen and oxygen atoms in total. The first-order valence-corrected chi connectivity index (χ1v) is 11.3. The first-order valence-electron chi connectivity index (χ1n) is 10.2. The molecule has 1 aliphatic rings. The van der Waals surface area contributed by atoms with Crippen molar-refractivity contribution in [3.05, 3.63) is 108 Å². The van der Waals surface area contributed by atoms with Gasteiger partial charge in [-0.25, -0.2) is 4.67 Å². The van der Waals surface area contributed by atoms with Crippen LogP contribution in [0.2, 0.25) is 0 Å². The molecule has 1 aromatic heterocycles. The van der Waals surface area contributed by atoms with Crippen molar-refractivity contribution in [2.75, 3.05) is 4.67 Å². The zero-order valence-electron chi connectivity index (χ0n) is 16.4. The Bertz CT molecular complexity index is 1320. The molecule has 0 spiro atoms. The smallest absolute Gasteiger partial charge is 0.346 e. The van der Waals surface area contributed by atoms with Crippen molar-refractivity contribution >= 4 is 41.5 Å². The van der Waals surface area contributed by atoms with Gasteiger partial charge in [0.1, 0.15) is 11.2 Å². The molecule has 0 atom stereocenters. The Morgan fingerprint density at radius 2 is 0.967 bits per heavy atom. The highest BCUT2D eigenvalue weighted by Gasteiger charge is 2.25. The minimum Gasteiger partial charge on any atom is -0.404 e. The summed E-state index contributed by atoms with van der Waals surface area (Å²) in [5.41, 5.74) is 6.65. The molecule has 0 aliphatic carbocycles. The van der Waals surface area contributed by atoms with Gasteiger partial charge in [0.2, 0.25) is 0 Å². The summed E-state index contributed by atoms with van der Waals surface area (Å²) in [7, 11) is -1.45. The Kier molecular flexibility index (Phi) is 4.14. The SMILES string of the molecule is c1ccc2c(c1)CCc1ccccc1N2p1oc2ccccc2c2ccccc2o1. The van der Waals surface area contributed by atoms with Gasteiger partial charge in [0, 0.05) is 10.8 Å². The highest BCUT2D eigenvalue weighted by Crippen LogP contribution is 2.49. The van der Waals surface area contributed by atoms with E-state index < -0.39 is 8.16 Å². The molecule has 6 rings (SSSR count). The van der Waals surface area contributed by atoms with E-state index in [1.54, 1.807) is 0 Å². The Morgan fingerprint density at radius 1 is 0.533 bits per heavy atom. The summed E-state index contributed by atoms with van der Waals surface area (Å²) in [4.78, 5) is 0. The van der Waals surface area contributed by atoms with Crippen LogP contribution in [-0.4, -0.2) is 0 Å². The van der Waals surface area contributed by atoms with Crippen LogP contribution < -0.4 is 4.67 Å². The lowest BCUT2D eigenvalue weighted by molar-refractivity contribution is 0.640. The zero-order valence-corrected chi connectivity index (χ0v) is 17.3. The molecular formula is C26H20NO2P. The van der Waals surface area contributed by atoms with Crippen LogP contribution in [0.3, 0.4) is 0 Å². The number of hydrogen-bond donors (Lipinski definition) is 0. The fraction of sp³-hybridized carbons (Fsp3) is 0.0769. The number of fused-ring (bicyclic) bond motifs is 5. The Morgan fingerprint density at radius 3 is 1.50 bits per heavy atom. The molecule has 0 bridgehead atoms. The van der Waals surface area contributed by atoms with Gasteiger partial charge in [-0.3, -0.25) is 0 Å². The van der Waals surface area contributed by atoms with Crippen molar-refractivity contribution in [2.24, 2.45) is 0 Å². The largest absolute Gasteiger partial charge is 0.404 e. The van der Waals surface area contributed by atoms with Crippen LogP contribution in [0, 0.1) is 0 Å². The van der Waals surface area contributed by atoms with Gasteiger partial charge < -0.3 is 8.39 Å². The molecule has 0 unspecified atom stereocenters. The molecule has 0 amide bonds. The summed E-state index contributed by atoms with van der Waals surface area (Å²) in [5.74, 6) is 0. The minimum atomic E-state index is -1.45. The van der Waals surface area contributed by atoms with Crippen molar-refractivity contribution in [1.29, 1.82) is 0 Å². The topological polar surface area (TPSA) is 29.5 Å². The first-order chi connectivity index (χ1) is 14.9. The molecule has 1 aliphatic heterocycles. The number of benzene rings is 4. The van der Waals surface area contributed by atoms with Gasteiger partial charge in [-0.15, -0.1) is 0 Å². The number of aryl methyl sites for hydroxylation is 2. The zero-order chi connectivity index (χ0) is 19.9. The van der Waals surface area contributed by atoms with E-state index in [4.69, 9.17) is 8.39 Å². The summed E-state index contributed by atoms with van der Waals surface area (Å²) in [6.45, 7) is 0. The number of nitrogens with zero attached hydrogens (tertiary/aromatic N) is 1. The predicted octanol–water partition coefficient (Wildman–Crippen LogP) is 7.99. The van der Waals surface area contributed by atoms with Crippen LogP contribution in [0.1, 0.15) is 11.1 Å². The second kappa shape index (κ2) is 7.12. The Labute approximate surface area is 175 Å². The molecule has 0 saturated heterocycles. The fourth-order valence-electron chi connectivity index (χ4n) is 4.24. The minimum absolute atomic E-state index is 0.854. The van der Waals surface area contributed by atoms with Crippen LogP contribution in [0.15, 0.2) is 105 Å². The van der Waals surface area contributed by atoms with Crippen molar-refractivity contribution in [3.8, 4) is 0 Å². The van der Waals surface area contributed by atoms with Gasteiger partial charge in [0.05, 0.1) is 11.4 Å². The monoisotopic (exact) mass is 409 g/mol. The molecule has 5 aromatic rings. The van der Waals surface area contributed by atoms with Crippen molar-refractivity contribution in [1.82, 2.24) is 0 Å². The lowest BCUT2D eigenvalue weighted by atomic mass is 10.0. The van der Waals surface area contributed by atoms with Crippen LogP contribution in [0.5, 0.6) is 0 Å². The lowest BCUT2D eigenvalue weighted by Gasteiger charge is -2.23. The van der Waals surface area contributed by atoms with Gasteiger partial charge in [0.25, 0.3) is 0 Å². The van der Waals surface area contributed by atoms with Crippen LogP contribution in [0.4, 0.5) is 11.4 Å². The second-order valence-electron chi connectivity index (χ2n) is 7.48. The molecule has 146 valence electrons. The maximum atomic E-state index is 6.62. The summed E-state index contributed by atoms with van der Waals surface area (Å²) in [6.07, 6.45) is 2.00. The molecule has 0 fully saturated rings. The van der Waals surface area contributed by atoms with Gasteiger partial charge in [0.15, 0.2) is 0 Å². The molecule has 0 radical (unpaired) electrons. The van der Waals surface area contributed by atoms with E-state index in [1.165, 1.54) is 11.1 Å². The van der Waals surface area contributed by atoms with Crippen molar-refractivity contribution in [3.63, 3.8) is 0 Å². The highest BCUT2D eigenvalue weighted by molar-refractivity contribution is 7.40. The average Bonchev–Trinajstić information content (AvgIpc) is 3.07. The average molecular weight is 409 g/mol. The molecule has 30 heavy (non-hydrogen) atoms. The van der Waals surface area contributed by atoms with E-state index >= 15 is 0 Å². The van der Waals surface area contributed by atoms with Gasteiger partial charge in [-0.1, -0.05) is 72.8 Å². The molecule has 0 N–H and O–H groups in total. The highest BCUT2D eigenvalue weighted by atomic mass is 31.1. The van der Waals surface area contributed by atoms with E-state index in [0.717, 1.165) is 46.2 Å². The van der Waals surface area contributed by atoms with Gasteiger partial charge >= 0.3 is 8.16 Å². The van der Waals surface area contributed by atoms with Crippen molar-refractivity contribution in [2.45, 2.75) is 12.8 Å². The second-order valence-corrected chi connectivity index (χ2v) is 8.72. The number of rotatable bonds is 1. The van der Waals surface area contributed by atoms with E-state index in [1.807, 2.05) is 36.4 Å². The van der Waals surface area contributed by atoms with E-state index in [9.17, 15) is 0 Å². The Hall–Kier alpha value is -3.42. The molecule has 2 heterocycles. The first kappa shape index (κ1) is 17.4. The Balaban J connectivity index is 1.74. The predicted molar refractivity (Wildman–Crippen MR) is 124 cm³/mol. The van der Waals surface area contributed by atoms with Gasteiger partial charge in [-0.2, -0.15) is 0 Å². The molecule has 4 aromatic carbocycles. The molecule has 0 saturated carbocycles. The van der Waals surface area contributed by atoms with E-state index in [2.05, 4.69) is 65.3 Å². The van der Waals surface area contributed by atoms with Crippen LogP contribution in [-0.2, 0) is 12.8 Å². The van der Waals surface area contributed by atoms with E-state index in [-0.39, 0.29) is 0 Å². The normalized spacial score (nSPS) is 13.0. The summed E-state index contributed by atoms with van der Waals surface area (Å²) < 4.78 is 15.5. The maximum absolute atomic E-state index is 6.62. The van der Waals surface area contributed by atoms with Crippen LogP contribution >= 0.6 is 8.16 Å². The number of anilines is 2. The summed E-state index contributed by atoms with van der Waals surface area (Å²) in [5, 5.41) is 2.13. The third-order valence-electron chi connectivity index (χ3n) is 5.68. The number of para-hydroxylation sites is 4. The summed E-state index contributed by atoms with van der Waals surface area (Å²) in [6, 6.07) is 33.6. The standard InChI is InChI=1S/C26H20NO2P/c1-5-13-23-19(9-1)17-18-20-10-2-6-14-24(20)27(23)30-28-25-15-7-3-11-21(25)22-12-4-8-16-26(22)29-30/h1-16H,17-18H2. The third-order valence-corrected chi connectivity index (χ3v) is 7.15. The molecular weight excluding hydrogens is 389 g/mol. The molecule has 4 heteroatoms. The third kappa shape index (κ3) is 2.82. The van der Waals surface area contributed by atoms with Crippen molar-refractivity contribution < 1.29 is 8.39 Å². The quantitative estimate of drug-likeness (QED) is 0.281. The van der Waals surface area contributed by atoms with Gasteiger partial charge in [-0.05, 0) is 48.2 Å². The van der Waals surface area contributed by atoms with Crippen LogP contribution in [0.25, 0.3) is 21.9 Å². The lowest BCUT2D eigenvalue weighted by Crippen LogP contribution is -2.07.